The van der Waals surface area contributed by atoms with Gasteiger partial charge in [-0.2, -0.15) is 5.10 Å². The van der Waals surface area contributed by atoms with Crippen molar-refractivity contribution in [3.05, 3.63) is 80.8 Å². The number of aromatic nitrogens is 3. The van der Waals surface area contributed by atoms with Gasteiger partial charge in [-0.05, 0) is 81.1 Å². The van der Waals surface area contributed by atoms with Gasteiger partial charge in [0.1, 0.15) is 5.65 Å². The topological polar surface area (TPSA) is 79.8 Å². The first-order valence-electron chi connectivity index (χ1n) is 10.9. The van der Waals surface area contributed by atoms with E-state index in [1.165, 1.54) is 16.0 Å². The SMILES string of the molecule is Cc1ccc(C)c(Sc2ccc(NC(=O)CCc3c(C)c4c(C)nn(C)c4[nH]c3=O)cc2)c1. The number of carbonyl (C=O) groups is 1. The zero-order valence-electron chi connectivity index (χ0n) is 19.6. The highest BCUT2D eigenvalue weighted by molar-refractivity contribution is 7.99. The smallest absolute Gasteiger partial charge is 0.253 e. The van der Waals surface area contributed by atoms with Crippen molar-refractivity contribution in [2.45, 2.75) is 50.3 Å². The summed E-state index contributed by atoms with van der Waals surface area (Å²) in [6, 6.07) is 14.3. The number of rotatable bonds is 6. The zero-order valence-corrected chi connectivity index (χ0v) is 20.4. The number of aryl methyl sites for hydroxylation is 5. The minimum atomic E-state index is -0.163. The Bertz CT molecular complexity index is 1400. The molecule has 0 atom stereocenters. The van der Waals surface area contributed by atoms with Gasteiger partial charge in [0.15, 0.2) is 0 Å². The largest absolute Gasteiger partial charge is 0.326 e. The van der Waals surface area contributed by atoms with Crippen molar-refractivity contribution in [2.24, 2.45) is 7.05 Å². The van der Waals surface area contributed by atoms with Gasteiger partial charge in [0.2, 0.25) is 5.91 Å². The fourth-order valence-corrected chi connectivity index (χ4v) is 5.07. The number of nitrogens with zero attached hydrogens (tertiary/aromatic N) is 2. The van der Waals surface area contributed by atoms with E-state index in [0.717, 1.165) is 27.2 Å². The lowest BCUT2D eigenvalue weighted by molar-refractivity contribution is -0.116. The second kappa shape index (κ2) is 9.27. The van der Waals surface area contributed by atoms with Crippen LogP contribution in [-0.4, -0.2) is 20.7 Å². The quantitative estimate of drug-likeness (QED) is 0.414. The highest BCUT2D eigenvalue weighted by atomic mass is 32.2. The van der Waals surface area contributed by atoms with Gasteiger partial charge in [-0.25, -0.2) is 0 Å². The predicted molar refractivity (Wildman–Crippen MR) is 134 cm³/mol. The van der Waals surface area contributed by atoms with Gasteiger partial charge in [-0.15, -0.1) is 0 Å². The molecule has 4 rings (SSSR count). The molecule has 6 nitrogen and oxygen atoms in total. The van der Waals surface area contributed by atoms with Crippen LogP contribution in [0.15, 0.2) is 57.1 Å². The Labute approximate surface area is 197 Å². The number of nitrogens with one attached hydrogen (secondary N) is 2. The summed E-state index contributed by atoms with van der Waals surface area (Å²) in [4.78, 5) is 30.4. The molecule has 0 fully saturated rings. The van der Waals surface area contributed by atoms with Crippen molar-refractivity contribution in [1.82, 2.24) is 14.8 Å². The van der Waals surface area contributed by atoms with Crippen molar-refractivity contribution < 1.29 is 4.79 Å². The maximum Gasteiger partial charge on any atom is 0.253 e. The molecule has 0 bridgehead atoms. The molecule has 4 aromatic rings. The van der Waals surface area contributed by atoms with Crippen LogP contribution in [0.5, 0.6) is 0 Å². The Kier molecular flexibility index (Phi) is 6.42. The third kappa shape index (κ3) is 4.88. The average molecular weight is 461 g/mol. The Morgan fingerprint density at radius 2 is 1.82 bits per heavy atom. The minimum absolute atomic E-state index is 0.119. The molecule has 2 aromatic heterocycles. The molecule has 0 saturated heterocycles. The molecule has 170 valence electrons. The lowest BCUT2D eigenvalue weighted by Gasteiger charge is -2.10. The number of hydrogen-bond acceptors (Lipinski definition) is 4. The van der Waals surface area contributed by atoms with Crippen LogP contribution >= 0.6 is 11.8 Å². The summed E-state index contributed by atoms with van der Waals surface area (Å²) < 4.78 is 1.68. The van der Waals surface area contributed by atoms with Crippen LogP contribution in [0.3, 0.4) is 0 Å². The standard InChI is InChI=1S/C26H28N4O2S/c1-15-6-7-16(2)22(14-15)33-20-10-8-19(9-11-20)27-23(31)13-12-21-17(3)24-18(4)29-30(5)25(24)28-26(21)32/h6-11,14H,12-13H2,1-5H3,(H,27,31)(H,28,32). The van der Waals surface area contributed by atoms with Crippen LogP contribution in [0.4, 0.5) is 5.69 Å². The Morgan fingerprint density at radius 3 is 2.55 bits per heavy atom. The van der Waals surface area contributed by atoms with Crippen molar-refractivity contribution in [3.8, 4) is 0 Å². The molecule has 0 unspecified atom stereocenters. The summed E-state index contributed by atoms with van der Waals surface area (Å²) >= 11 is 1.71. The minimum Gasteiger partial charge on any atom is -0.326 e. The molecule has 0 radical (unpaired) electrons. The third-order valence-electron chi connectivity index (χ3n) is 5.87. The van der Waals surface area contributed by atoms with Crippen LogP contribution in [0.1, 0.15) is 34.4 Å². The first kappa shape index (κ1) is 22.9. The van der Waals surface area contributed by atoms with E-state index in [4.69, 9.17) is 0 Å². The maximum atomic E-state index is 12.6. The molecule has 0 aliphatic heterocycles. The van der Waals surface area contributed by atoms with E-state index in [9.17, 15) is 9.59 Å². The summed E-state index contributed by atoms with van der Waals surface area (Å²) in [5.74, 6) is -0.119. The van der Waals surface area contributed by atoms with Gasteiger partial charge in [-0.3, -0.25) is 14.3 Å². The van der Waals surface area contributed by atoms with E-state index < -0.39 is 0 Å². The number of carbonyl (C=O) groups excluding carboxylic acids is 1. The van der Waals surface area contributed by atoms with E-state index in [1.54, 1.807) is 16.4 Å². The number of H-pyrrole nitrogens is 1. The molecular weight excluding hydrogens is 432 g/mol. The summed E-state index contributed by atoms with van der Waals surface area (Å²) in [6.07, 6.45) is 0.603. The van der Waals surface area contributed by atoms with E-state index in [2.05, 4.69) is 47.4 Å². The molecule has 2 aromatic carbocycles. The van der Waals surface area contributed by atoms with Gasteiger partial charge >= 0.3 is 0 Å². The summed E-state index contributed by atoms with van der Waals surface area (Å²) in [5.41, 5.74) is 6.16. The highest BCUT2D eigenvalue weighted by Gasteiger charge is 2.16. The zero-order chi connectivity index (χ0) is 23.7. The van der Waals surface area contributed by atoms with Gasteiger partial charge in [0, 0.05) is 39.9 Å². The number of benzene rings is 2. The first-order valence-corrected chi connectivity index (χ1v) is 11.7. The van der Waals surface area contributed by atoms with Crippen molar-refractivity contribution in [2.75, 3.05) is 5.32 Å². The summed E-state index contributed by atoms with van der Waals surface area (Å²) in [6.45, 7) is 8.04. The second-order valence-corrected chi connectivity index (χ2v) is 9.55. The van der Waals surface area contributed by atoms with Crippen molar-refractivity contribution in [3.63, 3.8) is 0 Å². The molecule has 0 aliphatic rings. The molecule has 7 heteroatoms. The van der Waals surface area contributed by atoms with Gasteiger partial charge in [0.25, 0.3) is 5.56 Å². The number of pyridine rings is 1. The third-order valence-corrected chi connectivity index (χ3v) is 7.04. The first-order chi connectivity index (χ1) is 15.7. The van der Waals surface area contributed by atoms with E-state index >= 15 is 0 Å². The van der Waals surface area contributed by atoms with Crippen molar-refractivity contribution in [1.29, 1.82) is 0 Å². The highest BCUT2D eigenvalue weighted by Crippen LogP contribution is 2.31. The summed E-state index contributed by atoms with van der Waals surface area (Å²) in [5, 5.41) is 8.28. The maximum absolute atomic E-state index is 12.6. The van der Waals surface area contributed by atoms with Gasteiger partial charge in [0.05, 0.1) is 5.69 Å². The number of aromatic amines is 1. The van der Waals surface area contributed by atoms with Crippen molar-refractivity contribution >= 4 is 34.4 Å². The fraction of sp³-hybridized carbons (Fsp3) is 0.269. The van der Waals surface area contributed by atoms with Crippen LogP contribution in [0.2, 0.25) is 0 Å². The Hall–Kier alpha value is -3.32. The van der Waals surface area contributed by atoms with E-state index in [1.807, 2.05) is 45.2 Å². The molecule has 0 aliphatic carbocycles. The van der Waals surface area contributed by atoms with Crippen LogP contribution in [0, 0.1) is 27.7 Å². The van der Waals surface area contributed by atoms with E-state index in [0.29, 0.717) is 17.6 Å². The Balaban J connectivity index is 1.41. The normalized spacial score (nSPS) is 11.2. The molecule has 0 saturated carbocycles. The van der Waals surface area contributed by atoms with Crippen LogP contribution in [0.25, 0.3) is 11.0 Å². The van der Waals surface area contributed by atoms with Gasteiger partial charge < -0.3 is 10.3 Å². The average Bonchev–Trinajstić information content (AvgIpc) is 3.05. The lowest BCUT2D eigenvalue weighted by atomic mass is 10.0. The number of hydrogen-bond donors (Lipinski definition) is 2. The molecule has 1 amide bonds. The predicted octanol–water partition coefficient (Wildman–Crippen LogP) is 5.22. The molecule has 0 spiro atoms. The molecular formula is C26H28N4O2S. The van der Waals surface area contributed by atoms with Crippen LogP contribution in [-0.2, 0) is 18.3 Å². The number of amides is 1. The fourth-order valence-electron chi connectivity index (χ4n) is 4.07. The number of anilines is 1. The second-order valence-electron chi connectivity index (χ2n) is 8.43. The van der Waals surface area contributed by atoms with Crippen LogP contribution < -0.4 is 10.9 Å². The molecule has 33 heavy (non-hydrogen) atoms. The monoisotopic (exact) mass is 460 g/mol. The summed E-state index contributed by atoms with van der Waals surface area (Å²) in [7, 11) is 1.81. The van der Waals surface area contributed by atoms with Gasteiger partial charge in [-0.1, -0.05) is 23.9 Å². The number of fused-ring (bicyclic) bond motifs is 1. The molecule has 2 N–H and O–H groups in total. The molecule has 2 heterocycles. The lowest BCUT2D eigenvalue weighted by Crippen LogP contribution is -2.19. The van der Waals surface area contributed by atoms with E-state index in [-0.39, 0.29) is 17.9 Å². The Morgan fingerprint density at radius 1 is 1.09 bits per heavy atom.